The zero-order valence-corrected chi connectivity index (χ0v) is 32.9. The lowest BCUT2D eigenvalue weighted by Crippen LogP contribution is -2.62. The van der Waals surface area contributed by atoms with Crippen LogP contribution >= 0.6 is 0 Å². The van der Waals surface area contributed by atoms with Crippen molar-refractivity contribution in [1.29, 1.82) is 0 Å². The second-order valence-corrected chi connectivity index (χ2v) is 17.5. The summed E-state index contributed by atoms with van der Waals surface area (Å²) in [6, 6.07) is 22.7. The van der Waals surface area contributed by atoms with Crippen molar-refractivity contribution in [3.8, 4) is 0 Å². The lowest BCUT2D eigenvalue weighted by molar-refractivity contribution is 0.0743. The highest BCUT2D eigenvalue weighted by atomic mass is 16.3. The highest BCUT2D eigenvalue weighted by Crippen LogP contribution is 2.57. The lowest BCUT2D eigenvalue weighted by atomic mass is 9.58. The molecule has 5 heteroatoms. The van der Waals surface area contributed by atoms with Crippen LogP contribution in [0.2, 0.25) is 0 Å². The summed E-state index contributed by atoms with van der Waals surface area (Å²) in [7, 11) is 0. The molecule has 3 heterocycles. The van der Waals surface area contributed by atoms with Gasteiger partial charge >= 0.3 is 0 Å². The number of para-hydroxylation sites is 1. The van der Waals surface area contributed by atoms with Crippen LogP contribution < -0.4 is 15.5 Å². The molecule has 5 aliphatic carbocycles. The van der Waals surface area contributed by atoms with Crippen LogP contribution in [0.1, 0.15) is 81.8 Å². The molecule has 1 saturated carbocycles. The highest BCUT2D eigenvalue weighted by Gasteiger charge is 2.50. The molecular weight excluding hydrogens is 697 g/mol. The van der Waals surface area contributed by atoms with E-state index in [9.17, 15) is 0 Å². The number of allylic oxidation sites excluding steroid dienone is 12. The topological polar surface area (TPSA) is 52.8 Å². The number of aliphatic imine (C=N–C) groups is 1. The van der Waals surface area contributed by atoms with E-state index >= 15 is 0 Å². The normalized spacial score (nSPS) is 30.4. The van der Waals surface area contributed by atoms with Gasteiger partial charge in [0.15, 0.2) is 5.58 Å². The molecule has 286 valence electrons. The van der Waals surface area contributed by atoms with Gasteiger partial charge in [-0.25, -0.2) is 4.99 Å². The second kappa shape index (κ2) is 14.2. The van der Waals surface area contributed by atoms with Crippen molar-refractivity contribution in [3.63, 3.8) is 0 Å². The van der Waals surface area contributed by atoms with Gasteiger partial charge in [-0.3, -0.25) is 5.32 Å². The monoisotopic (exact) mass is 748 g/mol. The first-order valence-corrected chi connectivity index (χ1v) is 21.5. The Labute approximate surface area is 336 Å². The smallest absolute Gasteiger partial charge is 0.159 e. The van der Waals surface area contributed by atoms with Crippen molar-refractivity contribution in [3.05, 3.63) is 162 Å². The van der Waals surface area contributed by atoms with E-state index in [0.29, 0.717) is 11.8 Å². The van der Waals surface area contributed by atoms with Crippen LogP contribution in [-0.4, -0.2) is 24.2 Å². The summed E-state index contributed by atoms with van der Waals surface area (Å²) in [6.07, 6.45) is 39.5. The summed E-state index contributed by atoms with van der Waals surface area (Å²) in [5.41, 5.74) is 11.2. The van der Waals surface area contributed by atoms with E-state index in [4.69, 9.17) is 9.41 Å². The largest absolute Gasteiger partial charge is 0.454 e. The number of nitrogens with one attached hydrogen (secondary N) is 2. The van der Waals surface area contributed by atoms with E-state index in [1.54, 1.807) is 5.57 Å². The fourth-order valence-corrected chi connectivity index (χ4v) is 11.4. The third-order valence-corrected chi connectivity index (χ3v) is 14.2. The predicted octanol–water partition coefficient (Wildman–Crippen LogP) is 12.3. The number of benzene rings is 3. The van der Waals surface area contributed by atoms with Gasteiger partial charge in [-0.1, -0.05) is 128 Å². The molecular formula is C52H52N4O. The van der Waals surface area contributed by atoms with E-state index in [0.717, 1.165) is 68.4 Å². The van der Waals surface area contributed by atoms with Crippen molar-refractivity contribution >= 4 is 44.7 Å². The van der Waals surface area contributed by atoms with Crippen LogP contribution in [0.4, 0.5) is 11.4 Å². The number of fused-ring (bicyclic) bond motifs is 7. The molecule has 5 nitrogen and oxygen atoms in total. The molecule has 7 aliphatic rings. The Kier molecular flexibility index (Phi) is 8.68. The maximum absolute atomic E-state index is 7.12. The first-order chi connectivity index (χ1) is 28.1. The van der Waals surface area contributed by atoms with Crippen LogP contribution in [0, 0.1) is 17.3 Å². The summed E-state index contributed by atoms with van der Waals surface area (Å²) in [4.78, 5) is 8.28. The molecule has 0 bridgehead atoms. The third-order valence-electron chi connectivity index (χ3n) is 14.2. The fourth-order valence-electron chi connectivity index (χ4n) is 11.4. The Morgan fingerprint density at radius 3 is 2.49 bits per heavy atom. The Hall–Kier alpha value is -5.39. The van der Waals surface area contributed by atoms with Crippen molar-refractivity contribution in [2.24, 2.45) is 22.2 Å². The molecule has 0 amide bonds. The maximum Gasteiger partial charge on any atom is 0.159 e. The molecule has 0 spiro atoms. The van der Waals surface area contributed by atoms with Gasteiger partial charge in [0, 0.05) is 33.4 Å². The van der Waals surface area contributed by atoms with Gasteiger partial charge in [-0.2, -0.15) is 0 Å². The summed E-state index contributed by atoms with van der Waals surface area (Å²) < 4.78 is 7.12. The fraction of sp³-hybridized carbons (Fsp3) is 0.327. The summed E-state index contributed by atoms with van der Waals surface area (Å²) in [5, 5.41) is 10.6. The highest BCUT2D eigenvalue weighted by molar-refractivity contribution is 6.15. The van der Waals surface area contributed by atoms with Crippen molar-refractivity contribution in [2.45, 2.75) is 89.0 Å². The van der Waals surface area contributed by atoms with E-state index in [2.05, 4.69) is 162 Å². The lowest BCUT2D eigenvalue weighted by Gasteiger charge is -2.52. The number of hydrogen-bond donors (Lipinski definition) is 2. The third kappa shape index (κ3) is 5.88. The molecule has 7 atom stereocenters. The molecule has 1 aromatic heterocycles. The molecule has 1 fully saturated rings. The maximum atomic E-state index is 7.12. The van der Waals surface area contributed by atoms with Gasteiger partial charge in [0.2, 0.25) is 0 Å². The number of hydrogen-bond acceptors (Lipinski definition) is 5. The van der Waals surface area contributed by atoms with E-state index < -0.39 is 0 Å². The van der Waals surface area contributed by atoms with E-state index in [1.165, 1.54) is 50.8 Å². The van der Waals surface area contributed by atoms with Gasteiger partial charge in [0.25, 0.3) is 0 Å². The van der Waals surface area contributed by atoms with Crippen molar-refractivity contribution in [1.82, 2.24) is 10.6 Å². The average molecular weight is 749 g/mol. The number of anilines is 2. The van der Waals surface area contributed by atoms with Crippen molar-refractivity contribution < 1.29 is 4.42 Å². The number of furan rings is 1. The number of amidine groups is 1. The molecule has 4 aromatic rings. The standard InChI is InChI=1S/C52H52N4O/c1-52(51-54-49(35-19-8-3-9-20-35)53-50(55-51)36-21-10-4-11-22-36)33-37(34-17-6-2-7-18-34)29-32-43(52)41-26-16-28-45-46(41)42-31-30-40-39-25-14-15-27-44(39)56(47(40)48(42)57-45)38-23-12-5-13-24-38/h2-6,8-10,12-17,19,21,23-26,28,30-31,35,37,43-44,49,51,54H,7,11,18,20,22,27,29,32-33H2,1H3,(H,53,55)/t35?,37?,43?,44?,49?,51?,52-/m0/s1. The van der Waals surface area contributed by atoms with Crippen LogP contribution in [0.15, 0.2) is 160 Å². The number of rotatable bonds is 6. The van der Waals surface area contributed by atoms with E-state index in [-0.39, 0.29) is 29.7 Å². The minimum Gasteiger partial charge on any atom is -0.454 e. The Morgan fingerprint density at radius 2 is 1.67 bits per heavy atom. The van der Waals surface area contributed by atoms with Crippen LogP contribution in [0.3, 0.4) is 0 Å². The first kappa shape index (κ1) is 34.8. The van der Waals surface area contributed by atoms with Crippen LogP contribution in [0.5, 0.6) is 0 Å². The molecule has 2 N–H and O–H groups in total. The molecule has 0 saturated heterocycles. The minimum absolute atomic E-state index is 0.0637. The molecule has 57 heavy (non-hydrogen) atoms. The summed E-state index contributed by atoms with van der Waals surface area (Å²) >= 11 is 0. The van der Waals surface area contributed by atoms with Gasteiger partial charge in [-0.05, 0) is 111 Å². The SMILES string of the molecule is C[C@]1(C2N=C(C3=CC=CCC3)NC(C3C=CC=CC3)N2)CC(C2=CC=CCC2)CCC1c1cccc2oc3c4c(ccc3c12)C1=CC=CCC1N4c1ccccc1. The van der Waals surface area contributed by atoms with Crippen LogP contribution in [-0.2, 0) is 0 Å². The Morgan fingerprint density at radius 1 is 0.807 bits per heavy atom. The van der Waals surface area contributed by atoms with Gasteiger partial charge in [-0.15, -0.1) is 0 Å². The Balaban J connectivity index is 1.07. The predicted molar refractivity (Wildman–Crippen MR) is 237 cm³/mol. The summed E-state index contributed by atoms with van der Waals surface area (Å²) in [6.45, 7) is 2.57. The quantitative estimate of drug-likeness (QED) is 0.206. The Bertz CT molecular complexity index is 2520. The second-order valence-electron chi connectivity index (χ2n) is 17.5. The number of nitrogens with zero attached hydrogens (tertiary/aromatic N) is 2. The molecule has 2 aliphatic heterocycles. The molecule has 6 unspecified atom stereocenters. The van der Waals surface area contributed by atoms with Gasteiger partial charge < -0.3 is 14.6 Å². The van der Waals surface area contributed by atoms with Gasteiger partial charge in [0.05, 0.1) is 17.9 Å². The zero-order valence-electron chi connectivity index (χ0n) is 32.9. The molecule has 0 radical (unpaired) electrons. The average Bonchev–Trinajstić information content (AvgIpc) is 3.84. The molecule has 3 aromatic carbocycles. The van der Waals surface area contributed by atoms with Crippen LogP contribution in [0.25, 0.3) is 27.5 Å². The van der Waals surface area contributed by atoms with E-state index in [1.807, 2.05) is 0 Å². The zero-order chi connectivity index (χ0) is 37.9. The molecule has 11 rings (SSSR count). The minimum atomic E-state index is -0.175. The van der Waals surface area contributed by atoms with Gasteiger partial charge in [0.1, 0.15) is 17.6 Å². The first-order valence-electron chi connectivity index (χ1n) is 21.5. The van der Waals surface area contributed by atoms with Crippen molar-refractivity contribution in [2.75, 3.05) is 4.90 Å². The summed E-state index contributed by atoms with van der Waals surface area (Å²) in [5.74, 6) is 2.23.